The van der Waals surface area contributed by atoms with Crippen molar-refractivity contribution in [1.29, 1.82) is 0 Å². The molecule has 0 saturated carbocycles. The zero-order chi connectivity index (χ0) is 31.0. The Labute approximate surface area is 258 Å². The molecule has 2 aromatic rings. The van der Waals surface area contributed by atoms with E-state index in [-0.39, 0.29) is 43.3 Å². The predicted octanol–water partition coefficient (Wildman–Crippen LogP) is 2.10. The Kier molecular flexibility index (Phi) is 11.7. The van der Waals surface area contributed by atoms with Crippen LogP contribution in [0.5, 0.6) is 0 Å². The highest BCUT2D eigenvalue weighted by Crippen LogP contribution is 2.26. The van der Waals surface area contributed by atoms with Crippen molar-refractivity contribution in [2.75, 3.05) is 38.6 Å². The maximum atomic E-state index is 14.0. The number of ketones is 1. The Morgan fingerprint density at radius 2 is 1.74 bits per heavy atom. The first-order valence-corrected chi connectivity index (χ1v) is 16.9. The average molecular weight is 633 g/mol. The van der Waals surface area contributed by atoms with Crippen LogP contribution in [0.15, 0.2) is 48.5 Å². The van der Waals surface area contributed by atoms with Crippen molar-refractivity contribution in [2.45, 2.75) is 56.5 Å². The fraction of sp³-hybridized carbons (Fsp3) is 0.516. The van der Waals surface area contributed by atoms with Crippen molar-refractivity contribution in [2.24, 2.45) is 17.4 Å². The highest BCUT2D eigenvalue weighted by atomic mass is 35.5. The highest BCUT2D eigenvalue weighted by molar-refractivity contribution is 7.90. The number of ether oxygens (including phenoxy) is 1. The van der Waals surface area contributed by atoms with E-state index in [2.05, 4.69) is 0 Å². The van der Waals surface area contributed by atoms with Gasteiger partial charge in [0.05, 0.1) is 36.7 Å². The Morgan fingerprint density at radius 3 is 2.44 bits per heavy atom. The molecule has 2 heterocycles. The van der Waals surface area contributed by atoms with Gasteiger partial charge in [-0.05, 0) is 48.1 Å². The topological polar surface area (TPSA) is 153 Å². The molecule has 0 spiro atoms. The molecular weight excluding hydrogens is 592 g/mol. The van der Waals surface area contributed by atoms with Crippen molar-refractivity contribution in [3.05, 3.63) is 70.2 Å². The number of halogens is 1. The molecule has 234 valence electrons. The van der Waals surface area contributed by atoms with Crippen LogP contribution in [0.25, 0.3) is 0 Å². The molecule has 10 nitrogen and oxygen atoms in total. The Bertz CT molecular complexity index is 1380. The number of amides is 2. The number of hydrogen-bond acceptors (Lipinski definition) is 8. The van der Waals surface area contributed by atoms with Crippen molar-refractivity contribution in [3.63, 3.8) is 0 Å². The molecule has 3 atom stereocenters. The minimum atomic E-state index is -3.72. The van der Waals surface area contributed by atoms with Gasteiger partial charge in [-0.1, -0.05) is 48.0 Å². The number of aryl methyl sites for hydroxylation is 1. The Balaban J connectivity index is 1.49. The summed E-state index contributed by atoms with van der Waals surface area (Å²) in [5.74, 6) is -2.39. The van der Waals surface area contributed by atoms with Crippen LogP contribution in [0.4, 0.5) is 0 Å². The van der Waals surface area contributed by atoms with Gasteiger partial charge in [0.25, 0.3) is 0 Å². The van der Waals surface area contributed by atoms with Gasteiger partial charge in [-0.2, -0.15) is 0 Å². The van der Waals surface area contributed by atoms with Crippen molar-refractivity contribution < 1.29 is 27.5 Å². The summed E-state index contributed by atoms with van der Waals surface area (Å²) in [5, 5.41) is 0.547. The van der Waals surface area contributed by atoms with Crippen molar-refractivity contribution in [1.82, 2.24) is 9.80 Å². The van der Waals surface area contributed by atoms with Crippen LogP contribution in [0.1, 0.15) is 42.4 Å². The van der Waals surface area contributed by atoms with Gasteiger partial charge < -0.3 is 26.0 Å². The second-order valence-corrected chi connectivity index (χ2v) is 13.9. The van der Waals surface area contributed by atoms with Crippen molar-refractivity contribution in [3.8, 4) is 0 Å². The standard InChI is InChI=1S/C31H41ClN4O6S/c32-26-9-6-24(18-33)23(16-26)7-10-29(37)28-17-27(34)19-36(28)31(39)25(8-11-30(38)35-12-14-42-15-13-35)21-43(40,41)20-22-4-2-1-3-5-22/h1-6,9,16,25,27-28H,7-8,10-15,17-21,33-34H2/t25-,27-,28-/m0/s1. The second-order valence-electron chi connectivity index (χ2n) is 11.4. The number of nitrogens with zero attached hydrogens (tertiary/aromatic N) is 2. The van der Waals surface area contributed by atoms with Gasteiger partial charge in [-0.15, -0.1) is 0 Å². The second kappa shape index (κ2) is 15.3. The fourth-order valence-electron chi connectivity index (χ4n) is 5.84. The third kappa shape index (κ3) is 9.33. The Morgan fingerprint density at radius 1 is 1.02 bits per heavy atom. The molecule has 2 aliphatic heterocycles. The van der Waals surface area contributed by atoms with Gasteiger partial charge in [0.1, 0.15) is 0 Å². The molecular formula is C31H41ClN4O6S. The number of likely N-dealkylation sites (tertiary alicyclic amines) is 1. The lowest BCUT2D eigenvalue weighted by Gasteiger charge is -2.30. The highest BCUT2D eigenvalue weighted by Gasteiger charge is 2.41. The molecule has 0 radical (unpaired) electrons. The van der Waals surface area contributed by atoms with E-state index in [0.29, 0.717) is 56.3 Å². The molecule has 4 N–H and O–H groups in total. The van der Waals surface area contributed by atoms with E-state index < -0.39 is 39.5 Å². The van der Waals surface area contributed by atoms with Gasteiger partial charge in [0.2, 0.25) is 11.8 Å². The minimum Gasteiger partial charge on any atom is -0.378 e. The molecule has 2 aliphatic rings. The third-order valence-electron chi connectivity index (χ3n) is 8.12. The lowest BCUT2D eigenvalue weighted by atomic mass is 9.97. The minimum absolute atomic E-state index is 0.0202. The molecule has 0 aliphatic carbocycles. The monoisotopic (exact) mass is 632 g/mol. The number of rotatable bonds is 13. The molecule has 2 aromatic carbocycles. The zero-order valence-corrected chi connectivity index (χ0v) is 25.9. The van der Waals surface area contributed by atoms with E-state index in [1.54, 1.807) is 47.4 Å². The van der Waals surface area contributed by atoms with Crippen LogP contribution >= 0.6 is 11.6 Å². The fourth-order valence-corrected chi connectivity index (χ4v) is 7.78. The molecule has 43 heavy (non-hydrogen) atoms. The summed E-state index contributed by atoms with van der Waals surface area (Å²) in [7, 11) is -3.72. The first-order valence-electron chi connectivity index (χ1n) is 14.7. The molecule has 2 amide bonds. The molecule has 0 unspecified atom stereocenters. The van der Waals surface area contributed by atoms with Gasteiger partial charge >= 0.3 is 0 Å². The van der Waals surface area contributed by atoms with Crippen LogP contribution in [0, 0.1) is 5.92 Å². The number of morpholine rings is 1. The summed E-state index contributed by atoms with van der Waals surface area (Å²) in [6.07, 6.45) is 0.925. The smallest absolute Gasteiger partial charge is 0.227 e. The summed E-state index contributed by atoms with van der Waals surface area (Å²) in [4.78, 5) is 43.5. The van der Waals surface area contributed by atoms with E-state index in [9.17, 15) is 22.8 Å². The quantitative estimate of drug-likeness (QED) is 0.340. The first-order chi connectivity index (χ1) is 20.6. The molecule has 0 aromatic heterocycles. The number of hydrogen-bond donors (Lipinski definition) is 2. The summed E-state index contributed by atoms with van der Waals surface area (Å²) in [5.41, 5.74) is 14.5. The van der Waals surface area contributed by atoms with Crippen LogP contribution in [-0.2, 0) is 47.7 Å². The number of carbonyl (C=O) groups is 3. The number of carbonyl (C=O) groups excluding carboxylic acids is 3. The lowest BCUT2D eigenvalue weighted by molar-refractivity contribution is -0.141. The van der Waals surface area contributed by atoms with E-state index in [1.807, 2.05) is 6.07 Å². The lowest BCUT2D eigenvalue weighted by Crippen LogP contribution is -2.46. The largest absolute Gasteiger partial charge is 0.378 e. The molecule has 12 heteroatoms. The maximum Gasteiger partial charge on any atom is 0.227 e. The molecule has 4 rings (SSSR count). The predicted molar refractivity (Wildman–Crippen MR) is 165 cm³/mol. The average Bonchev–Trinajstić information content (AvgIpc) is 3.39. The summed E-state index contributed by atoms with van der Waals surface area (Å²) in [6.45, 7) is 2.25. The third-order valence-corrected chi connectivity index (χ3v) is 10.0. The number of Topliss-reactive ketones (excluding diaryl/α,β-unsaturated/α-hetero) is 1. The maximum absolute atomic E-state index is 14.0. The first kappa shape index (κ1) is 33.1. The summed E-state index contributed by atoms with van der Waals surface area (Å²) < 4.78 is 31.9. The van der Waals surface area contributed by atoms with Crippen molar-refractivity contribution >= 4 is 39.0 Å². The molecule has 0 bridgehead atoms. The molecule has 2 saturated heterocycles. The van der Waals surface area contributed by atoms with Crippen LogP contribution in [0.2, 0.25) is 5.02 Å². The summed E-state index contributed by atoms with van der Waals surface area (Å²) in [6, 6.07) is 13.0. The van der Waals surface area contributed by atoms with E-state index in [1.165, 1.54) is 4.90 Å². The molecule has 2 fully saturated rings. The van der Waals surface area contributed by atoms with E-state index in [0.717, 1.165) is 11.1 Å². The number of benzene rings is 2. The normalized spacial score (nSPS) is 19.8. The van der Waals surface area contributed by atoms with E-state index in [4.69, 9.17) is 27.8 Å². The van der Waals surface area contributed by atoms with Gasteiger partial charge in [-0.3, -0.25) is 14.4 Å². The zero-order valence-electron chi connectivity index (χ0n) is 24.3. The van der Waals surface area contributed by atoms with Crippen LogP contribution in [0.3, 0.4) is 0 Å². The SMILES string of the molecule is NCc1ccc(Cl)cc1CCC(=O)[C@@H]1C[C@H](N)CN1C(=O)[C@@H](CCC(=O)N1CCOCC1)CS(=O)(=O)Cc1ccccc1. The van der Waals surface area contributed by atoms with Gasteiger partial charge in [-0.25, -0.2) is 8.42 Å². The summed E-state index contributed by atoms with van der Waals surface area (Å²) >= 11 is 6.16. The van der Waals surface area contributed by atoms with E-state index >= 15 is 0 Å². The van der Waals surface area contributed by atoms with Gasteiger partial charge in [0, 0.05) is 50.1 Å². The van der Waals surface area contributed by atoms with Crippen LogP contribution < -0.4 is 11.5 Å². The van der Waals surface area contributed by atoms with Crippen LogP contribution in [-0.4, -0.2) is 86.5 Å². The number of nitrogens with two attached hydrogens (primary N) is 2. The number of sulfone groups is 1. The Hall–Kier alpha value is -2.83. The van der Waals surface area contributed by atoms with Gasteiger partial charge in [0.15, 0.2) is 15.6 Å².